The second kappa shape index (κ2) is 11.1. The third kappa shape index (κ3) is 7.71. The van der Waals surface area contributed by atoms with Crippen LogP contribution >= 0.6 is 23.4 Å². The number of nitrogens with one attached hydrogen (secondary N) is 1. The van der Waals surface area contributed by atoms with Crippen LogP contribution in [0.4, 0.5) is 0 Å². The highest BCUT2D eigenvalue weighted by Crippen LogP contribution is 2.20. The first-order valence-corrected chi connectivity index (χ1v) is 10.4. The van der Waals surface area contributed by atoms with Crippen molar-refractivity contribution in [2.24, 2.45) is 0 Å². The zero-order valence-corrected chi connectivity index (χ0v) is 16.9. The van der Waals surface area contributed by atoms with Crippen molar-refractivity contribution < 1.29 is 9.53 Å². The Morgan fingerprint density at radius 3 is 2.77 bits per heavy atom. The van der Waals surface area contributed by atoms with Gasteiger partial charge in [0.2, 0.25) is 5.91 Å². The molecule has 2 aromatic rings. The molecule has 0 heterocycles. The highest BCUT2D eigenvalue weighted by Gasteiger charge is 2.04. The summed E-state index contributed by atoms with van der Waals surface area (Å²) in [7, 11) is 0. The standard InChI is InChI=1S/C21H26ClNO2S/c1-16(2)25-19-10-5-7-17(13-19)8-6-12-23-21(24)15-26-14-18-9-3-4-11-20(18)22/h3-5,7,9-11,13,16H,6,8,12,14-15H2,1-2H3,(H,23,24). The third-order valence-corrected chi connectivity index (χ3v) is 5.03. The Labute approximate surface area is 165 Å². The Morgan fingerprint density at radius 1 is 1.19 bits per heavy atom. The number of hydrogen-bond acceptors (Lipinski definition) is 3. The summed E-state index contributed by atoms with van der Waals surface area (Å²) in [4.78, 5) is 11.9. The van der Waals surface area contributed by atoms with Gasteiger partial charge in [0.05, 0.1) is 11.9 Å². The molecule has 3 nitrogen and oxygen atoms in total. The first-order valence-electron chi connectivity index (χ1n) is 8.88. The molecule has 0 aliphatic carbocycles. The lowest BCUT2D eigenvalue weighted by Gasteiger charge is -2.11. The molecule has 0 unspecified atom stereocenters. The lowest BCUT2D eigenvalue weighted by molar-refractivity contribution is -0.118. The Balaban J connectivity index is 1.62. The summed E-state index contributed by atoms with van der Waals surface area (Å²) < 4.78 is 5.71. The summed E-state index contributed by atoms with van der Waals surface area (Å²) in [6.07, 6.45) is 2.00. The molecular formula is C21H26ClNO2S. The molecule has 0 saturated heterocycles. The van der Waals surface area contributed by atoms with Crippen LogP contribution in [0, 0.1) is 0 Å². The molecule has 0 spiro atoms. The molecule has 0 bridgehead atoms. The van der Waals surface area contributed by atoms with E-state index < -0.39 is 0 Å². The van der Waals surface area contributed by atoms with Crippen molar-refractivity contribution in [3.63, 3.8) is 0 Å². The van der Waals surface area contributed by atoms with E-state index in [1.54, 1.807) is 11.8 Å². The monoisotopic (exact) mass is 391 g/mol. The Morgan fingerprint density at radius 2 is 2.00 bits per heavy atom. The van der Waals surface area contributed by atoms with Crippen molar-refractivity contribution in [3.8, 4) is 5.75 Å². The van der Waals surface area contributed by atoms with Gasteiger partial charge in [-0.1, -0.05) is 41.9 Å². The SMILES string of the molecule is CC(C)Oc1cccc(CCCNC(=O)CSCc2ccccc2Cl)c1. The number of thioether (sulfide) groups is 1. The predicted molar refractivity (Wildman–Crippen MR) is 111 cm³/mol. The Kier molecular flexibility index (Phi) is 8.86. The van der Waals surface area contributed by atoms with Gasteiger partial charge in [-0.05, 0) is 56.0 Å². The van der Waals surface area contributed by atoms with Gasteiger partial charge >= 0.3 is 0 Å². The number of aryl methyl sites for hydroxylation is 1. The predicted octanol–water partition coefficient (Wildman–Crippen LogP) is 5.11. The fourth-order valence-electron chi connectivity index (χ4n) is 2.49. The van der Waals surface area contributed by atoms with Gasteiger partial charge in [0, 0.05) is 17.3 Å². The van der Waals surface area contributed by atoms with Crippen LogP contribution in [0.2, 0.25) is 5.02 Å². The summed E-state index contributed by atoms with van der Waals surface area (Å²) in [6.45, 7) is 4.72. The van der Waals surface area contributed by atoms with Gasteiger partial charge in [0.25, 0.3) is 0 Å². The van der Waals surface area contributed by atoms with Gasteiger partial charge in [-0.3, -0.25) is 4.79 Å². The molecule has 0 fully saturated rings. The molecule has 0 aliphatic heterocycles. The van der Waals surface area contributed by atoms with Crippen LogP contribution in [0.25, 0.3) is 0 Å². The molecule has 1 N–H and O–H groups in total. The van der Waals surface area contributed by atoms with Crippen LogP contribution in [0.3, 0.4) is 0 Å². The molecule has 5 heteroatoms. The fourth-order valence-corrected chi connectivity index (χ4v) is 3.63. The summed E-state index contributed by atoms with van der Waals surface area (Å²) in [5, 5.41) is 3.73. The average Bonchev–Trinajstić information content (AvgIpc) is 2.60. The number of benzene rings is 2. The number of carbonyl (C=O) groups is 1. The van der Waals surface area contributed by atoms with Gasteiger partial charge in [-0.2, -0.15) is 0 Å². The quantitative estimate of drug-likeness (QED) is 0.572. The van der Waals surface area contributed by atoms with Gasteiger partial charge in [0.1, 0.15) is 5.75 Å². The number of carbonyl (C=O) groups excluding carboxylic acids is 1. The summed E-state index contributed by atoms with van der Waals surface area (Å²) in [5.41, 5.74) is 2.29. The summed E-state index contributed by atoms with van der Waals surface area (Å²) in [5.74, 6) is 2.16. The third-order valence-electron chi connectivity index (χ3n) is 3.68. The number of hydrogen-bond donors (Lipinski definition) is 1. The second-order valence-electron chi connectivity index (χ2n) is 6.35. The number of ether oxygens (including phenoxy) is 1. The van der Waals surface area contributed by atoms with E-state index in [9.17, 15) is 4.79 Å². The van der Waals surface area contributed by atoms with Crippen molar-refractivity contribution in [3.05, 3.63) is 64.7 Å². The second-order valence-corrected chi connectivity index (χ2v) is 7.74. The van der Waals surface area contributed by atoms with Gasteiger partial charge < -0.3 is 10.1 Å². The molecule has 0 aromatic heterocycles. The molecule has 0 radical (unpaired) electrons. The van der Waals surface area contributed by atoms with E-state index in [0.717, 1.165) is 34.9 Å². The topological polar surface area (TPSA) is 38.3 Å². The fraction of sp³-hybridized carbons (Fsp3) is 0.381. The summed E-state index contributed by atoms with van der Waals surface area (Å²) in [6, 6.07) is 15.9. The van der Waals surface area contributed by atoms with Crippen LogP contribution in [0.1, 0.15) is 31.4 Å². The highest BCUT2D eigenvalue weighted by atomic mass is 35.5. The molecule has 2 aromatic carbocycles. The average molecular weight is 392 g/mol. The van der Waals surface area contributed by atoms with Crippen LogP contribution < -0.4 is 10.1 Å². The molecule has 26 heavy (non-hydrogen) atoms. The number of halogens is 1. The van der Waals surface area contributed by atoms with E-state index in [1.807, 2.05) is 50.2 Å². The van der Waals surface area contributed by atoms with Crippen molar-refractivity contribution in [2.75, 3.05) is 12.3 Å². The molecule has 0 aliphatic rings. The van der Waals surface area contributed by atoms with Gasteiger partial charge in [-0.15, -0.1) is 11.8 Å². The van der Waals surface area contributed by atoms with Crippen LogP contribution in [0.15, 0.2) is 48.5 Å². The van der Waals surface area contributed by atoms with E-state index in [0.29, 0.717) is 12.3 Å². The zero-order valence-electron chi connectivity index (χ0n) is 15.3. The van der Waals surface area contributed by atoms with Crippen LogP contribution in [-0.4, -0.2) is 24.3 Å². The van der Waals surface area contributed by atoms with E-state index in [4.69, 9.17) is 16.3 Å². The minimum Gasteiger partial charge on any atom is -0.491 e. The van der Waals surface area contributed by atoms with E-state index in [2.05, 4.69) is 17.4 Å². The number of amides is 1. The Bertz CT molecular complexity index is 706. The molecule has 0 atom stereocenters. The van der Waals surface area contributed by atoms with E-state index in [1.165, 1.54) is 5.56 Å². The smallest absolute Gasteiger partial charge is 0.230 e. The van der Waals surface area contributed by atoms with Crippen LogP contribution in [0.5, 0.6) is 5.75 Å². The maximum atomic E-state index is 11.9. The molecule has 140 valence electrons. The maximum Gasteiger partial charge on any atom is 0.230 e. The molecule has 0 saturated carbocycles. The van der Waals surface area contributed by atoms with Gasteiger partial charge in [-0.25, -0.2) is 0 Å². The van der Waals surface area contributed by atoms with Crippen molar-refractivity contribution in [2.45, 2.75) is 38.5 Å². The first-order chi connectivity index (χ1) is 12.5. The van der Waals surface area contributed by atoms with Crippen molar-refractivity contribution in [1.82, 2.24) is 5.32 Å². The lowest BCUT2D eigenvalue weighted by atomic mass is 10.1. The van der Waals surface area contributed by atoms with Crippen LogP contribution in [-0.2, 0) is 17.0 Å². The zero-order chi connectivity index (χ0) is 18.8. The minimum atomic E-state index is 0.0685. The van der Waals surface area contributed by atoms with Crippen molar-refractivity contribution in [1.29, 1.82) is 0 Å². The van der Waals surface area contributed by atoms with Gasteiger partial charge in [0.15, 0.2) is 0 Å². The lowest BCUT2D eigenvalue weighted by Crippen LogP contribution is -2.26. The number of rotatable bonds is 10. The maximum absolute atomic E-state index is 11.9. The Hall–Kier alpha value is -1.65. The molecule has 1 amide bonds. The van der Waals surface area contributed by atoms with E-state index >= 15 is 0 Å². The minimum absolute atomic E-state index is 0.0685. The van der Waals surface area contributed by atoms with Crippen molar-refractivity contribution >= 4 is 29.3 Å². The largest absolute Gasteiger partial charge is 0.491 e. The molecular weight excluding hydrogens is 366 g/mol. The normalized spacial score (nSPS) is 10.8. The molecule has 2 rings (SSSR count). The summed E-state index contributed by atoms with van der Waals surface area (Å²) >= 11 is 7.69. The first kappa shape index (κ1) is 20.7. The van der Waals surface area contributed by atoms with E-state index in [-0.39, 0.29) is 12.0 Å². The highest BCUT2D eigenvalue weighted by molar-refractivity contribution is 7.99.